The highest BCUT2D eigenvalue weighted by molar-refractivity contribution is 5.70. The summed E-state index contributed by atoms with van der Waals surface area (Å²) >= 11 is 0. The number of carbonyl (C=O) groups excluding carboxylic acids is 1. The predicted molar refractivity (Wildman–Crippen MR) is 68.7 cm³/mol. The molecule has 0 aliphatic rings. The Morgan fingerprint density at radius 1 is 1.53 bits per heavy atom. The number of halogens is 1. The zero-order chi connectivity index (χ0) is 14.3. The standard InChI is InChI=1S/C13H18FNO4/c1-3-19-13(17)7-10(16)8-15-11-5-4-9(14)6-12(11)18-2/h4-6,10,15-16H,3,7-8H2,1-2H3. The van der Waals surface area contributed by atoms with Gasteiger partial charge in [-0.1, -0.05) is 0 Å². The van der Waals surface area contributed by atoms with E-state index in [2.05, 4.69) is 5.32 Å². The summed E-state index contributed by atoms with van der Waals surface area (Å²) in [6, 6.07) is 4.02. The summed E-state index contributed by atoms with van der Waals surface area (Å²) in [7, 11) is 1.43. The number of benzene rings is 1. The summed E-state index contributed by atoms with van der Waals surface area (Å²) in [5.41, 5.74) is 0.548. The van der Waals surface area contributed by atoms with Crippen molar-refractivity contribution >= 4 is 11.7 Å². The molecule has 1 atom stereocenters. The van der Waals surface area contributed by atoms with Gasteiger partial charge in [0.15, 0.2) is 0 Å². The lowest BCUT2D eigenvalue weighted by molar-refractivity contribution is -0.145. The average molecular weight is 271 g/mol. The largest absolute Gasteiger partial charge is 0.494 e. The number of methoxy groups -OCH3 is 1. The van der Waals surface area contributed by atoms with Gasteiger partial charge in [-0.15, -0.1) is 0 Å². The summed E-state index contributed by atoms with van der Waals surface area (Å²) in [6.45, 7) is 2.12. The van der Waals surface area contributed by atoms with Gasteiger partial charge in [0.2, 0.25) is 0 Å². The average Bonchev–Trinajstić information content (AvgIpc) is 2.37. The van der Waals surface area contributed by atoms with Crippen LogP contribution < -0.4 is 10.1 Å². The first-order chi connectivity index (χ1) is 9.06. The fourth-order valence-electron chi connectivity index (χ4n) is 1.52. The van der Waals surface area contributed by atoms with Crippen LogP contribution in [0.25, 0.3) is 0 Å². The first-order valence-electron chi connectivity index (χ1n) is 5.98. The van der Waals surface area contributed by atoms with Gasteiger partial charge in [-0.2, -0.15) is 0 Å². The van der Waals surface area contributed by atoms with Crippen molar-refractivity contribution in [2.45, 2.75) is 19.4 Å². The van der Waals surface area contributed by atoms with E-state index in [9.17, 15) is 14.3 Å². The molecule has 0 saturated heterocycles. The quantitative estimate of drug-likeness (QED) is 0.737. The van der Waals surface area contributed by atoms with Gasteiger partial charge in [0.1, 0.15) is 11.6 Å². The van der Waals surface area contributed by atoms with E-state index in [4.69, 9.17) is 9.47 Å². The van der Waals surface area contributed by atoms with Crippen molar-refractivity contribution < 1.29 is 23.8 Å². The van der Waals surface area contributed by atoms with Gasteiger partial charge in [0, 0.05) is 12.6 Å². The highest BCUT2D eigenvalue weighted by atomic mass is 19.1. The SMILES string of the molecule is CCOC(=O)CC(O)CNc1ccc(F)cc1OC. The van der Waals surface area contributed by atoms with E-state index in [-0.39, 0.29) is 19.6 Å². The first-order valence-corrected chi connectivity index (χ1v) is 5.98. The Balaban J connectivity index is 2.50. The maximum atomic E-state index is 13.0. The first kappa shape index (κ1) is 15.2. The second-order valence-electron chi connectivity index (χ2n) is 3.89. The molecule has 5 nitrogen and oxygen atoms in total. The topological polar surface area (TPSA) is 67.8 Å². The van der Waals surface area contributed by atoms with Crippen molar-refractivity contribution in [2.24, 2.45) is 0 Å². The molecular weight excluding hydrogens is 253 g/mol. The summed E-state index contributed by atoms with van der Waals surface area (Å²) in [5.74, 6) is -0.527. The third-order valence-electron chi connectivity index (χ3n) is 2.40. The summed E-state index contributed by atoms with van der Waals surface area (Å²) < 4.78 is 22.7. The van der Waals surface area contributed by atoms with Crippen molar-refractivity contribution in [3.63, 3.8) is 0 Å². The summed E-state index contributed by atoms with van der Waals surface area (Å²) in [5, 5.41) is 12.5. The van der Waals surface area contributed by atoms with Crippen LogP contribution in [-0.4, -0.2) is 37.4 Å². The summed E-state index contributed by atoms with van der Waals surface area (Å²) in [4.78, 5) is 11.1. The predicted octanol–water partition coefficient (Wildman–Crippen LogP) is 1.56. The van der Waals surface area contributed by atoms with Crippen molar-refractivity contribution in [3.05, 3.63) is 24.0 Å². The van der Waals surface area contributed by atoms with Crippen LogP contribution in [0.2, 0.25) is 0 Å². The molecule has 6 heteroatoms. The minimum Gasteiger partial charge on any atom is -0.494 e. The van der Waals surface area contributed by atoms with Crippen LogP contribution in [-0.2, 0) is 9.53 Å². The molecule has 0 aromatic heterocycles. The van der Waals surface area contributed by atoms with Crippen molar-refractivity contribution in [1.82, 2.24) is 0 Å². The number of aliphatic hydroxyl groups excluding tert-OH is 1. The third-order valence-corrected chi connectivity index (χ3v) is 2.40. The third kappa shape index (κ3) is 5.13. The van der Waals surface area contributed by atoms with Crippen molar-refractivity contribution in [3.8, 4) is 5.75 Å². The highest BCUT2D eigenvalue weighted by Gasteiger charge is 2.12. The zero-order valence-electron chi connectivity index (χ0n) is 11.0. The molecule has 1 rings (SSSR count). The van der Waals surface area contributed by atoms with Crippen LogP contribution in [0.3, 0.4) is 0 Å². The van der Waals surface area contributed by atoms with Crippen LogP contribution in [0.4, 0.5) is 10.1 Å². The molecular formula is C13H18FNO4. The normalized spacial score (nSPS) is 11.8. The van der Waals surface area contributed by atoms with Gasteiger partial charge in [0.05, 0.1) is 31.9 Å². The fraction of sp³-hybridized carbons (Fsp3) is 0.462. The Morgan fingerprint density at radius 2 is 2.26 bits per heavy atom. The molecule has 1 aromatic carbocycles. The molecule has 0 radical (unpaired) electrons. The van der Waals surface area contributed by atoms with E-state index >= 15 is 0 Å². The molecule has 1 aromatic rings. The van der Waals surface area contributed by atoms with Crippen LogP contribution in [0.5, 0.6) is 5.75 Å². The highest BCUT2D eigenvalue weighted by Crippen LogP contribution is 2.24. The number of hydrogen-bond donors (Lipinski definition) is 2. The van der Waals surface area contributed by atoms with Gasteiger partial charge < -0.3 is 19.9 Å². The van der Waals surface area contributed by atoms with Gasteiger partial charge >= 0.3 is 5.97 Å². The number of carbonyl (C=O) groups is 1. The molecule has 0 fully saturated rings. The molecule has 0 aliphatic heterocycles. The van der Waals surface area contributed by atoms with Crippen LogP contribution in [0, 0.1) is 5.82 Å². The number of esters is 1. The Kier molecular flexibility index (Phi) is 6.08. The number of hydrogen-bond acceptors (Lipinski definition) is 5. The molecule has 1 unspecified atom stereocenters. The van der Waals surface area contributed by atoms with Crippen molar-refractivity contribution in [1.29, 1.82) is 0 Å². The minimum atomic E-state index is -0.881. The molecule has 0 spiro atoms. The van der Waals surface area contributed by atoms with E-state index < -0.39 is 17.9 Å². The lowest BCUT2D eigenvalue weighted by atomic mass is 10.2. The second kappa shape index (κ2) is 7.58. The maximum Gasteiger partial charge on any atom is 0.308 e. The molecule has 0 heterocycles. The van der Waals surface area contributed by atoms with E-state index in [1.807, 2.05) is 0 Å². The fourth-order valence-corrected chi connectivity index (χ4v) is 1.52. The zero-order valence-corrected chi connectivity index (χ0v) is 11.0. The van der Waals surface area contributed by atoms with E-state index in [0.29, 0.717) is 11.4 Å². The van der Waals surface area contributed by atoms with Gasteiger partial charge in [-0.3, -0.25) is 4.79 Å². The monoisotopic (exact) mass is 271 g/mol. The van der Waals surface area contributed by atoms with Gasteiger partial charge in [0.25, 0.3) is 0 Å². The second-order valence-corrected chi connectivity index (χ2v) is 3.89. The van der Waals surface area contributed by atoms with Crippen molar-refractivity contribution in [2.75, 3.05) is 25.6 Å². The molecule has 2 N–H and O–H groups in total. The molecule has 106 valence electrons. The van der Waals surface area contributed by atoms with Crippen LogP contribution in [0.1, 0.15) is 13.3 Å². The smallest absolute Gasteiger partial charge is 0.308 e. The number of rotatable bonds is 7. The van der Waals surface area contributed by atoms with Gasteiger partial charge in [-0.05, 0) is 19.1 Å². The van der Waals surface area contributed by atoms with E-state index in [1.54, 1.807) is 6.92 Å². The Hall–Kier alpha value is -1.82. The molecule has 0 saturated carbocycles. The Bertz CT molecular complexity index is 425. The van der Waals surface area contributed by atoms with Crippen LogP contribution in [0.15, 0.2) is 18.2 Å². The van der Waals surface area contributed by atoms with Crippen LogP contribution >= 0.6 is 0 Å². The molecule has 0 bridgehead atoms. The molecule has 19 heavy (non-hydrogen) atoms. The lowest BCUT2D eigenvalue weighted by Crippen LogP contribution is -2.24. The Morgan fingerprint density at radius 3 is 2.89 bits per heavy atom. The number of ether oxygens (including phenoxy) is 2. The van der Waals surface area contributed by atoms with E-state index in [0.717, 1.165) is 0 Å². The number of nitrogens with one attached hydrogen (secondary N) is 1. The Labute approximate surface area is 111 Å². The summed E-state index contributed by atoms with van der Waals surface area (Å²) in [6.07, 6.45) is -0.974. The number of aliphatic hydroxyl groups is 1. The van der Waals surface area contributed by atoms with E-state index in [1.165, 1.54) is 25.3 Å². The number of anilines is 1. The molecule has 0 amide bonds. The maximum absolute atomic E-state index is 13.0. The lowest BCUT2D eigenvalue weighted by Gasteiger charge is -2.14. The molecule has 0 aliphatic carbocycles. The van der Waals surface area contributed by atoms with Gasteiger partial charge in [-0.25, -0.2) is 4.39 Å². The minimum absolute atomic E-state index is 0.0929.